The van der Waals surface area contributed by atoms with E-state index in [2.05, 4.69) is 27.0 Å². The molecule has 8 nitrogen and oxygen atoms in total. The van der Waals surface area contributed by atoms with Crippen LogP contribution in [0.2, 0.25) is 0 Å². The fourth-order valence-corrected chi connectivity index (χ4v) is 4.09. The summed E-state index contributed by atoms with van der Waals surface area (Å²) in [5.41, 5.74) is 2.86. The molecule has 4 rings (SSSR count). The summed E-state index contributed by atoms with van der Waals surface area (Å²) in [5, 5.41) is 25.9. The molecule has 176 valence electrons. The molecule has 2 atom stereocenters. The molecular weight excluding hydrogens is 418 g/mol. The summed E-state index contributed by atoms with van der Waals surface area (Å²) in [6.45, 7) is 9.81. The first-order chi connectivity index (χ1) is 15.8. The molecule has 0 spiro atoms. The highest BCUT2D eigenvalue weighted by Crippen LogP contribution is 2.28. The highest BCUT2D eigenvalue weighted by Gasteiger charge is 2.33. The lowest BCUT2D eigenvalue weighted by atomic mass is 9.89. The highest BCUT2D eigenvalue weighted by atomic mass is 16.3. The average molecular weight is 452 g/mol. The van der Waals surface area contributed by atoms with E-state index in [-0.39, 0.29) is 11.2 Å². The van der Waals surface area contributed by atoms with Crippen LogP contribution in [0, 0.1) is 5.41 Å². The lowest BCUT2D eigenvalue weighted by molar-refractivity contribution is -0.112. The van der Waals surface area contributed by atoms with Crippen molar-refractivity contribution in [2.45, 2.75) is 33.0 Å². The van der Waals surface area contributed by atoms with Crippen molar-refractivity contribution in [1.29, 1.82) is 0 Å². The van der Waals surface area contributed by atoms with Gasteiger partial charge in [0.05, 0.1) is 12.6 Å². The molecule has 0 bridgehead atoms. The van der Waals surface area contributed by atoms with E-state index in [0.717, 1.165) is 49.5 Å². The number of aldehydes is 1. The van der Waals surface area contributed by atoms with Crippen LogP contribution in [-0.4, -0.2) is 72.8 Å². The molecule has 0 aliphatic carbocycles. The third-order valence-corrected chi connectivity index (χ3v) is 6.40. The molecule has 33 heavy (non-hydrogen) atoms. The lowest BCUT2D eigenvalue weighted by Gasteiger charge is -2.37. The summed E-state index contributed by atoms with van der Waals surface area (Å²) >= 11 is 0. The maximum atomic E-state index is 11.8. The van der Waals surface area contributed by atoms with Gasteiger partial charge in [0.2, 0.25) is 0 Å². The molecule has 0 aromatic heterocycles. The number of aromatic hydroxyl groups is 1. The van der Waals surface area contributed by atoms with Gasteiger partial charge in [-0.3, -0.25) is 9.80 Å². The number of anilines is 3. The quantitative estimate of drug-likeness (QED) is 0.654. The molecule has 0 amide bonds. The first-order valence-electron chi connectivity index (χ1n) is 11.4. The van der Waals surface area contributed by atoms with Gasteiger partial charge in [0.1, 0.15) is 12.1 Å². The Morgan fingerprint density at radius 2 is 1.42 bits per heavy atom. The van der Waals surface area contributed by atoms with Gasteiger partial charge >= 0.3 is 0 Å². The molecule has 0 saturated carbocycles. The van der Waals surface area contributed by atoms with Gasteiger partial charge in [0.15, 0.2) is 12.5 Å². The van der Waals surface area contributed by atoms with Crippen LogP contribution in [-0.2, 0) is 4.79 Å². The first-order valence-corrected chi connectivity index (χ1v) is 11.4. The number of phenolic OH excluding ortho intramolecular Hbond substituents is 1. The molecule has 2 aliphatic rings. The molecule has 1 saturated heterocycles. The summed E-state index contributed by atoms with van der Waals surface area (Å²) in [6, 6.07) is 15.5. The third kappa shape index (κ3) is 5.06. The highest BCUT2D eigenvalue weighted by molar-refractivity contribution is 5.87. The zero-order valence-electron chi connectivity index (χ0n) is 19.5. The number of aliphatic hydroxyl groups is 1. The van der Waals surface area contributed by atoms with Gasteiger partial charge in [0, 0.05) is 43.2 Å². The average Bonchev–Trinajstić information content (AvgIpc) is 3.21. The second-order valence-corrected chi connectivity index (χ2v) is 9.70. The van der Waals surface area contributed by atoms with E-state index < -0.39 is 12.3 Å². The summed E-state index contributed by atoms with van der Waals surface area (Å²) < 4.78 is 0. The van der Waals surface area contributed by atoms with Gasteiger partial charge in [-0.1, -0.05) is 20.8 Å². The van der Waals surface area contributed by atoms with Crippen molar-refractivity contribution < 1.29 is 15.0 Å². The molecule has 2 aliphatic heterocycles. The van der Waals surface area contributed by atoms with Gasteiger partial charge in [-0.05, 0) is 53.9 Å². The predicted molar refractivity (Wildman–Crippen MR) is 132 cm³/mol. The first kappa shape index (κ1) is 22.9. The third-order valence-electron chi connectivity index (χ3n) is 6.40. The van der Waals surface area contributed by atoms with E-state index in [0.29, 0.717) is 6.54 Å². The van der Waals surface area contributed by atoms with Crippen LogP contribution in [0.5, 0.6) is 5.75 Å². The van der Waals surface area contributed by atoms with Crippen molar-refractivity contribution in [2.24, 2.45) is 10.5 Å². The van der Waals surface area contributed by atoms with Crippen LogP contribution >= 0.6 is 0 Å². The summed E-state index contributed by atoms with van der Waals surface area (Å²) in [6.07, 6.45) is 1.35. The topological polar surface area (TPSA) is 82.8 Å². The molecule has 8 heteroatoms. The number of carbonyl (C=O) groups is 1. The van der Waals surface area contributed by atoms with Crippen LogP contribution in [0.15, 0.2) is 53.6 Å². The Kier molecular flexibility index (Phi) is 6.47. The number of rotatable bonds is 6. The number of nitrogens with zero attached hydrogens (tertiary/aromatic N) is 5. The Hall–Kier alpha value is -3.26. The van der Waals surface area contributed by atoms with E-state index in [1.807, 2.05) is 49.9 Å². The molecule has 2 heterocycles. The molecule has 2 unspecified atom stereocenters. The summed E-state index contributed by atoms with van der Waals surface area (Å²) in [5.74, 6) is 0.283. The van der Waals surface area contributed by atoms with Crippen LogP contribution < -0.4 is 14.7 Å². The zero-order chi connectivity index (χ0) is 23.6. The molecule has 2 aromatic rings. The van der Waals surface area contributed by atoms with E-state index in [9.17, 15) is 15.0 Å². The van der Waals surface area contributed by atoms with Crippen LogP contribution in [0.1, 0.15) is 20.8 Å². The maximum absolute atomic E-state index is 11.8. The number of benzene rings is 2. The normalized spacial score (nSPS) is 19.8. The van der Waals surface area contributed by atoms with Crippen molar-refractivity contribution in [3.8, 4) is 5.75 Å². The Balaban J connectivity index is 1.37. The second-order valence-electron chi connectivity index (χ2n) is 9.70. The minimum Gasteiger partial charge on any atom is -0.508 e. The molecule has 2 aromatic carbocycles. The monoisotopic (exact) mass is 451 g/mol. The van der Waals surface area contributed by atoms with Gasteiger partial charge < -0.3 is 24.9 Å². The summed E-state index contributed by atoms with van der Waals surface area (Å²) in [4.78, 5) is 18.3. The molecule has 2 N–H and O–H groups in total. The number of β-amino-alcohol motifs (C(OH)–C–C–N with tert-alkyl or cyclic N) is 1. The smallest absolute Gasteiger partial charge is 0.179 e. The maximum Gasteiger partial charge on any atom is 0.179 e. The fraction of sp³-hybridized carbons (Fsp3) is 0.440. The number of hydrogen-bond acceptors (Lipinski definition) is 8. The van der Waals surface area contributed by atoms with Crippen molar-refractivity contribution in [3.63, 3.8) is 0 Å². The Labute approximate surface area is 195 Å². The van der Waals surface area contributed by atoms with Gasteiger partial charge in [0.25, 0.3) is 0 Å². The molecule has 0 radical (unpaired) electrons. The standard InChI is InChI=1S/C25H33N5O3/c1-25(2,3)23(33)16-30-24(17-31)29(18-26-30)21-6-4-19(5-7-21)27-12-14-28(15-13-27)20-8-10-22(32)11-9-20/h4-11,17-18,23-24,32-33H,12-16H2,1-3H3. The van der Waals surface area contributed by atoms with E-state index in [4.69, 9.17) is 0 Å². The van der Waals surface area contributed by atoms with E-state index in [1.165, 1.54) is 0 Å². The number of carbonyl (C=O) groups excluding carboxylic acids is 1. The number of aliphatic hydroxyl groups excluding tert-OH is 1. The number of piperazine rings is 1. The van der Waals surface area contributed by atoms with Crippen molar-refractivity contribution >= 4 is 29.7 Å². The predicted octanol–water partition coefficient (Wildman–Crippen LogP) is 2.72. The fourth-order valence-electron chi connectivity index (χ4n) is 4.09. The minimum atomic E-state index is -0.598. The summed E-state index contributed by atoms with van der Waals surface area (Å²) in [7, 11) is 0. The molecule has 1 fully saturated rings. The number of hydrogen-bond donors (Lipinski definition) is 2. The van der Waals surface area contributed by atoms with Crippen molar-refractivity contribution in [2.75, 3.05) is 47.4 Å². The zero-order valence-corrected chi connectivity index (χ0v) is 19.5. The molecular formula is C25H33N5O3. The lowest BCUT2D eigenvalue weighted by Crippen LogP contribution is -2.46. The SMILES string of the molecule is CC(C)(C)C(O)CN1N=CN(c2ccc(N3CCN(c4ccc(O)cc4)CC3)cc2)C1C=O. The van der Waals surface area contributed by atoms with Crippen molar-refractivity contribution in [3.05, 3.63) is 48.5 Å². The van der Waals surface area contributed by atoms with Crippen molar-refractivity contribution in [1.82, 2.24) is 5.01 Å². The van der Waals surface area contributed by atoms with Crippen LogP contribution in [0.3, 0.4) is 0 Å². The minimum absolute atomic E-state index is 0.283. The van der Waals surface area contributed by atoms with Crippen LogP contribution in [0.25, 0.3) is 0 Å². The van der Waals surface area contributed by atoms with Gasteiger partial charge in [-0.25, -0.2) is 0 Å². The van der Waals surface area contributed by atoms with E-state index in [1.54, 1.807) is 23.5 Å². The van der Waals surface area contributed by atoms with Crippen LogP contribution in [0.4, 0.5) is 17.1 Å². The Morgan fingerprint density at radius 3 is 1.91 bits per heavy atom. The van der Waals surface area contributed by atoms with Gasteiger partial charge in [-0.15, -0.1) is 0 Å². The number of phenols is 1. The largest absolute Gasteiger partial charge is 0.508 e. The second kappa shape index (κ2) is 9.31. The Bertz CT molecular complexity index is 963. The Morgan fingerprint density at radius 1 is 0.939 bits per heavy atom. The number of hydrazone groups is 1. The van der Waals surface area contributed by atoms with E-state index >= 15 is 0 Å². The van der Waals surface area contributed by atoms with Gasteiger partial charge in [-0.2, -0.15) is 5.10 Å².